The molecule has 2 aromatic heterocycles. The number of nitrogens with zero attached hydrogens (tertiary/aromatic N) is 5. The lowest BCUT2D eigenvalue weighted by molar-refractivity contribution is -0.137. The number of ether oxygens (including phenoxy) is 2. The van der Waals surface area contributed by atoms with Gasteiger partial charge >= 0.3 is 6.18 Å². The highest BCUT2D eigenvalue weighted by molar-refractivity contribution is 5.36. The quantitative estimate of drug-likeness (QED) is 0.594. The minimum absolute atomic E-state index is 0.188. The molecule has 1 saturated heterocycles. The molecule has 0 radical (unpaired) electrons. The first-order valence-electron chi connectivity index (χ1n) is 9.85. The van der Waals surface area contributed by atoms with Crippen molar-refractivity contribution in [1.29, 1.82) is 0 Å². The van der Waals surface area contributed by atoms with Gasteiger partial charge in [-0.15, -0.1) is 0 Å². The van der Waals surface area contributed by atoms with Gasteiger partial charge in [0.2, 0.25) is 0 Å². The number of halogens is 3. The monoisotopic (exact) mass is 433 g/mol. The Morgan fingerprint density at radius 2 is 2.00 bits per heavy atom. The van der Waals surface area contributed by atoms with Gasteiger partial charge in [0.05, 0.1) is 37.2 Å². The van der Waals surface area contributed by atoms with Crippen LogP contribution in [0.25, 0.3) is 0 Å². The molecule has 0 bridgehead atoms. The molecule has 0 aliphatic carbocycles. The summed E-state index contributed by atoms with van der Waals surface area (Å²) in [7, 11) is 1.85. The summed E-state index contributed by atoms with van der Waals surface area (Å²) >= 11 is 0. The first kappa shape index (κ1) is 21.1. The highest BCUT2D eigenvalue weighted by Crippen LogP contribution is 2.30. The van der Waals surface area contributed by atoms with Crippen molar-refractivity contribution in [2.24, 2.45) is 7.05 Å². The standard InChI is InChI=1S/C21H22F3N5O2/c1-28-16(6-10-30-17-4-2-15(3-5-17)21(22,23)24)12-18(27-28)19-14-29(9-11-31-19)20-13-25-7-8-26-20/h2-5,7-8,12-13,19H,6,9-11,14H2,1H3/t19-/m0/s1. The van der Waals surface area contributed by atoms with Crippen LogP contribution in [0.15, 0.2) is 48.9 Å². The van der Waals surface area contributed by atoms with Gasteiger partial charge < -0.3 is 14.4 Å². The largest absolute Gasteiger partial charge is 0.493 e. The van der Waals surface area contributed by atoms with Crippen LogP contribution in [0.3, 0.4) is 0 Å². The van der Waals surface area contributed by atoms with E-state index >= 15 is 0 Å². The molecule has 3 aromatic rings. The number of alkyl halides is 3. The second kappa shape index (κ2) is 8.93. The van der Waals surface area contributed by atoms with Crippen molar-refractivity contribution in [2.45, 2.75) is 18.7 Å². The summed E-state index contributed by atoms with van der Waals surface area (Å²) in [6.45, 7) is 2.23. The molecule has 1 aliphatic heterocycles. The average Bonchev–Trinajstić information content (AvgIpc) is 3.15. The molecule has 0 N–H and O–H groups in total. The number of aryl methyl sites for hydroxylation is 1. The minimum Gasteiger partial charge on any atom is -0.493 e. The van der Waals surface area contributed by atoms with Crippen molar-refractivity contribution in [1.82, 2.24) is 19.7 Å². The molecular formula is C21H22F3N5O2. The van der Waals surface area contributed by atoms with E-state index in [9.17, 15) is 13.2 Å². The molecule has 10 heteroatoms. The number of hydrogen-bond donors (Lipinski definition) is 0. The van der Waals surface area contributed by atoms with Gasteiger partial charge in [-0.2, -0.15) is 18.3 Å². The Hall–Kier alpha value is -3.14. The number of aromatic nitrogens is 4. The summed E-state index contributed by atoms with van der Waals surface area (Å²) in [5.41, 5.74) is 1.07. The van der Waals surface area contributed by atoms with Crippen LogP contribution in [0.4, 0.5) is 19.0 Å². The van der Waals surface area contributed by atoms with Gasteiger partial charge in [-0.1, -0.05) is 0 Å². The van der Waals surface area contributed by atoms with Crippen LogP contribution < -0.4 is 9.64 Å². The fourth-order valence-corrected chi connectivity index (χ4v) is 3.43. The Morgan fingerprint density at radius 3 is 2.71 bits per heavy atom. The Balaban J connectivity index is 1.34. The Kier molecular flexibility index (Phi) is 6.08. The first-order chi connectivity index (χ1) is 14.9. The van der Waals surface area contributed by atoms with Crippen LogP contribution in [0.2, 0.25) is 0 Å². The third-order valence-corrected chi connectivity index (χ3v) is 5.07. The number of hydrogen-bond acceptors (Lipinski definition) is 6. The number of anilines is 1. The third kappa shape index (κ3) is 5.13. The van der Waals surface area contributed by atoms with Gasteiger partial charge in [-0.3, -0.25) is 9.67 Å². The lowest BCUT2D eigenvalue weighted by Crippen LogP contribution is -2.39. The Labute approximate surface area is 177 Å². The molecule has 0 unspecified atom stereocenters. The molecule has 1 atom stereocenters. The van der Waals surface area contributed by atoms with Gasteiger partial charge in [-0.25, -0.2) is 4.98 Å². The molecule has 0 spiro atoms. The van der Waals surface area contributed by atoms with Crippen molar-refractivity contribution < 1.29 is 22.6 Å². The van der Waals surface area contributed by atoms with E-state index in [0.717, 1.165) is 35.9 Å². The number of rotatable bonds is 6. The zero-order chi connectivity index (χ0) is 21.8. The van der Waals surface area contributed by atoms with E-state index in [1.165, 1.54) is 12.1 Å². The predicted molar refractivity (Wildman–Crippen MR) is 107 cm³/mol. The zero-order valence-electron chi connectivity index (χ0n) is 16.9. The highest BCUT2D eigenvalue weighted by atomic mass is 19.4. The maximum Gasteiger partial charge on any atom is 0.416 e. The van der Waals surface area contributed by atoms with Gasteiger partial charge in [0.15, 0.2) is 0 Å². The zero-order valence-corrected chi connectivity index (χ0v) is 16.9. The fourth-order valence-electron chi connectivity index (χ4n) is 3.43. The molecule has 1 aromatic carbocycles. The summed E-state index contributed by atoms with van der Waals surface area (Å²) in [5.74, 6) is 1.20. The van der Waals surface area contributed by atoms with E-state index in [2.05, 4.69) is 20.0 Å². The van der Waals surface area contributed by atoms with Crippen molar-refractivity contribution in [2.75, 3.05) is 31.2 Å². The van der Waals surface area contributed by atoms with Crippen molar-refractivity contribution in [3.8, 4) is 5.75 Å². The maximum absolute atomic E-state index is 12.6. The summed E-state index contributed by atoms with van der Waals surface area (Å²) in [5, 5.41) is 4.58. The van der Waals surface area contributed by atoms with Gasteiger partial charge in [0.1, 0.15) is 17.7 Å². The normalized spacial score (nSPS) is 17.0. The van der Waals surface area contributed by atoms with E-state index < -0.39 is 11.7 Å². The molecule has 1 aliphatic rings. The lowest BCUT2D eigenvalue weighted by atomic mass is 10.2. The van der Waals surface area contributed by atoms with Crippen LogP contribution in [0.5, 0.6) is 5.75 Å². The molecule has 7 nitrogen and oxygen atoms in total. The summed E-state index contributed by atoms with van der Waals surface area (Å²) < 4.78 is 51.2. The maximum atomic E-state index is 12.6. The van der Waals surface area contributed by atoms with E-state index in [4.69, 9.17) is 9.47 Å². The molecule has 164 valence electrons. The average molecular weight is 433 g/mol. The molecule has 3 heterocycles. The highest BCUT2D eigenvalue weighted by Gasteiger charge is 2.30. The van der Waals surface area contributed by atoms with E-state index in [-0.39, 0.29) is 6.10 Å². The van der Waals surface area contributed by atoms with Crippen molar-refractivity contribution >= 4 is 5.82 Å². The van der Waals surface area contributed by atoms with Crippen molar-refractivity contribution in [3.05, 3.63) is 65.9 Å². The molecule has 0 saturated carbocycles. The van der Waals surface area contributed by atoms with Crippen LogP contribution in [-0.4, -0.2) is 46.1 Å². The Bertz CT molecular complexity index is 992. The molecule has 4 rings (SSSR count). The van der Waals surface area contributed by atoms with Crippen LogP contribution in [0, 0.1) is 0 Å². The summed E-state index contributed by atoms with van der Waals surface area (Å²) in [4.78, 5) is 10.6. The first-order valence-corrected chi connectivity index (χ1v) is 9.85. The Morgan fingerprint density at radius 1 is 1.19 bits per heavy atom. The molecule has 0 amide bonds. The van der Waals surface area contributed by atoms with Crippen LogP contribution in [0.1, 0.15) is 23.1 Å². The molecular weight excluding hydrogens is 411 g/mol. The van der Waals surface area contributed by atoms with Gasteiger partial charge in [0.25, 0.3) is 0 Å². The fraction of sp³-hybridized carbons (Fsp3) is 0.381. The number of benzene rings is 1. The second-order valence-electron chi connectivity index (χ2n) is 7.17. The van der Waals surface area contributed by atoms with Crippen molar-refractivity contribution in [3.63, 3.8) is 0 Å². The predicted octanol–water partition coefficient (Wildman–Crippen LogP) is 3.43. The van der Waals surface area contributed by atoms with Gasteiger partial charge in [-0.05, 0) is 30.3 Å². The van der Waals surface area contributed by atoms with Gasteiger partial charge in [0, 0.05) is 38.1 Å². The molecule has 1 fully saturated rings. The lowest BCUT2D eigenvalue weighted by Gasteiger charge is -2.32. The topological polar surface area (TPSA) is 65.3 Å². The summed E-state index contributed by atoms with van der Waals surface area (Å²) in [6.07, 6.45) is 1.05. The van der Waals surface area contributed by atoms with Crippen LogP contribution in [-0.2, 0) is 24.4 Å². The number of morpholine rings is 1. The smallest absolute Gasteiger partial charge is 0.416 e. The third-order valence-electron chi connectivity index (χ3n) is 5.07. The minimum atomic E-state index is -4.35. The summed E-state index contributed by atoms with van der Waals surface area (Å²) in [6, 6.07) is 6.66. The SMILES string of the molecule is Cn1nc([C@@H]2CN(c3cnccn3)CCO2)cc1CCOc1ccc(C(F)(F)F)cc1. The van der Waals surface area contributed by atoms with E-state index in [1.54, 1.807) is 23.3 Å². The molecule has 31 heavy (non-hydrogen) atoms. The van der Waals surface area contributed by atoms with Crippen LogP contribution >= 0.6 is 0 Å². The van der Waals surface area contributed by atoms with E-state index in [0.29, 0.717) is 31.9 Å². The second-order valence-corrected chi connectivity index (χ2v) is 7.17. The van der Waals surface area contributed by atoms with E-state index in [1.807, 2.05) is 13.1 Å².